The highest BCUT2D eigenvalue weighted by molar-refractivity contribution is 7.99. The molecule has 0 spiro atoms. The van der Waals surface area contributed by atoms with Crippen molar-refractivity contribution in [3.05, 3.63) is 40.8 Å². The fourth-order valence-corrected chi connectivity index (χ4v) is 2.48. The summed E-state index contributed by atoms with van der Waals surface area (Å²) >= 11 is 1.41. The van der Waals surface area contributed by atoms with Gasteiger partial charge in [-0.05, 0) is 62.7 Å². The highest BCUT2D eigenvalue weighted by Crippen LogP contribution is 2.26. The second-order valence-electron chi connectivity index (χ2n) is 4.51. The SMILES string of the molecule is Cc1nc(Sc2cc(C(C)O)ccn2)nc(C)c1C. The van der Waals surface area contributed by atoms with Gasteiger partial charge in [-0.1, -0.05) is 0 Å². The number of aryl methyl sites for hydroxylation is 2. The Labute approximate surface area is 117 Å². The summed E-state index contributed by atoms with van der Waals surface area (Å²) in [5, 5.41) is 11.1. The van der Waals surface area contributed by atoms with E-state index in [1.54, 1.807) is 19.2 Å². The number of aromatic nitrogens is 3. The normalized spacial score (nSPS) is 12.5. The van der Waals surface area contributed by atoms with E-state index in [0.717, 1.165) is 27.5 Å². The van der Waals surface area contributed by atoms with E-state index in [1.807, 2.05) is 26.8 Å². The van der Waals surface area contributed by atoms with Gasteiger partial charge in [0.1, 0.15) is 5.03 Å². The maximum atomic E-state index is 9.57. The van der Waals surface area contributed by atoms with Crippen molar-refractivity contribution in [2.75, 3.05) is 0 Å². The molecule has 1 atom stereocenters. The van der Waals surface area contributed by atoms with Gasteiger partial charge in [0.2, 0.25) is 0 Å². The van der Waals surface area contributed by atoms with Crippen molar-refractivity contribution < 1.29 is 5.11 Å². The molecule has 2 aromatic rings. The van der Waals surface area contributed by atoms with E-state index in [1.165, 1.54) is 11.8 Å². The lowest BCUT2D eigenvalue weighted by molar-refractivity contribution is 0.199. The molecule has 5 heteroatoms. The third-order valence-corrected chi connectivity index (χ3v) is 3.85. The highest BCUT2D eigenvalue weighted by atomic mass is 32.2. The predicted octanol–water partition coefficient (Wildman–Crippen LogP) is 3.00. The van der Waals surface area contributed by atoms with Crippen molar-refractivity contribution >= 4 is 11.8 Å². The largest absolute Gasteiger partial charge is 0.389 e. The van der Waals surface area contributed by atoms with E-state index in [0.29, 0.717) is 5.16 Å². The first-order chi connectivity index (χ1) is 8.97. The Bertz CT molecular complexity index is 576. The van der Waals surface area contributed by atoms with Crippen LogP contribution in [-0.2, 0) is 0 Å². The number of aliphatic hydroxyl groups excluding tert-OH is 1. The van der Waals surface area contributed by atoms with E-state index in [4.69, 9.17) is 0 Å². The van der Waals surface area contributed by atoms with Gasteiger partial charge in [0.25, 0.3) is 0 Å². The van der Waals surface area contributed by atoms with E-state index >= 15 is 0 Å². The molecule has 1 N–H and O–H groups in total. The molecule has 4 nitrogen and oxygen atoms in total. The molecule has 0 saturated carbocycles. The predicted molar refractivity (Wildman–Crippen MR) is 75.2 cm³/mol. The van der Waals surface area contributed by atoms with Gasteiger partial charge >= 0.3 is 0 Å². The monoisotopic (exact) mass is 275 g/mol. The molecule has 0 aliphatic rings. The number of rotatable bonds is 3. The zero-order chi connectivity index (χ0) is 14.0. The molecule has 0 aromatic carbocycles. The first-order valence-electron chi connectivity index (χ1n) is 6.11. The lowest BCUT2D eigenvalue weighted by Gasteiger charge is -2.08. The summed E-state index contributed by atoms with van der Waals surface area (Å²) in [5.41, 5.74) is 3.94. The Morgan fingerprint density at radius 2 is 1.79 bits per heavy atom. The average molecular weight is 275 g/mol. The Balaban J connectivity index is 2.28. The van der Waals surface area contributed by atoms with Gasteiger partial charge in [0, 0.05) is 17.6 Å². The van der Waals surface area contributed by atoms with Gasteiger partial charge in [-0.25, -0.2) is 15.0 Å². The van der Waals surface area contributed by atoms with Crippen molar-refractivity contribution in [2.24, 2.45) is 0 Å². The number of nitrogens with zero attached hydrogens (tertiary/aromatic N) is 3. The van der Waals surface area contributed by atoms with Gasteiger partial charge in [-0.15, -0.1) is 0 Å². The van der Waals surface area contributed by atoms with Crippen molar-refractivity contribution in [3.8, 4) is 0 Å². The van der Waals surface area contributed by atoms with Gasteiger partial charge in [0.15, 0.2) is 5.16 Å². The van der Waals surface area contributed by atoms with Gasteiger partial charge < -0.3 is 5.11 Å². The van der Waals surface area contributed by atoms with Crippen LogP contribution in [0.15, 0.2) is 28.5 Å². The third kappa shape index (κ3) is 3.30. The second-order valence-corrected chi connectivity index (χ2v) is 5.49. The minimum Gasteiger partial charge on any atom is -0.389 e. The summed E-state index contributed by atoms with van der Waals surface area (Å²) in [6.07, 6.45) is 1.20. The minimum absolute atomic E-state index is 0.496. The quantitative estimate of drug-likeness (QED) is 0.873. The van der Waals surface area contributed by atoms with Crippen LogP contribution in [0.5, 0.6) is 0 Å². The van der Waals surface area contributed by atoms with Crippen LogP contribution in [0.4, 0.5) is 0 Å². The smallest absolute Gasteiger partial charge is 0.194 e. The van der Waals surface area contributed by atoms with E-state index in [-0.39, 0.29) is 0 Å². The Morgan fingerprint density at radius 3 is 2.37 bits per heavy atom. The van der Waals surface area contributed by atoms with Crippen LogP contribution in [0.25, 0.3) is 0 Å². The fourth-order valence-electron chi connectivity index (χ4n) is 1.62. The summed E-state index contributed by atoms with van der Waals surface area (Å²) in [7, 11) is 0. The number of aliphatic hydroxyl groups is 1. The Hall–Kier alpha value is -1.46. The van der Waals surface area contributed by atoms with Crippen molar-refractivity contribution in [1.82, 2.24) is 15.0 Å². The van der Waals surface area contributed by atoms with Crippen molar-refractivity contribution in [1.29, 1.82) is 0 Å². The molecule has 0 bridgehead atoms. The van der Waals surface area contributed by atoms with E-state index in [2.05, 4.69) is 15.0 Å². The second kappa shape index (κ2) is 5.67. The maximum absolute atomic E-state index is 9.57. The highest BCUT2D eigenvalue weighted by Gasteiger charge is 2.08. The minimum atomic E-state index is -0.496. The molecule has 0 radical (unpaired) electrons. The molecule has 2 aromatic heterocycles. The molecule has 19 heavy (non-hydrogen) atoms. The van der Waals surface area contributed by atoms with Crippen LogP contribution in [0, 0.1) is 20.8 Å². The number of hydrogen-bond acceptors (Lipinski definition) is 5. The maximum Gasteiger partial charge on any atom is 0.194 e. The van der Waals surface area contributed by atoms with Crippen LogP contribution in [0.2, 0.25) is 0 Å². The molecule has 100 valence electrons. The molecule has 0 aliphatic carbocycles. The molecule has 0 saturated heterocycles. The molecule has 0 amide bonds. The summed E-state index contributed by atoms with van der Waals surface area (Å²) in [6.45, 7) is 7.72. The van der Waals surface area contributed by atoms with Gasteiger partial charge in [-0.2, -0.15) is 0 Å². The summed E-state index contributed by atoms with van der Waals surface area (Å²) in [4.78, 5) is 13.2. The number of hydrogen-bond donors (Lipinski definition) is 1. The van der Waals surface area contributed by atoms with Crippen LogP contribution < -0.4 is 0 Å². The molecular weight excluding hydrogens is 258 g/mol. The van der Waals surface area contributed by atoms with E-state index < -0.39 is 6.10 Å². The van der Waals surface area contributed by atoms with E-state index in [9.17, 15) is 5.11 Å². The summed E-state index contributed by atoms with van der Waals surface area (Å²) in [5.74, 6) is 0. The number of pyridine rings is 1. The lowest BCUT2D eigenvalue weighted by Crippen LogP contribution is -1.98. The molecule has 0 aliphatic heterocycles. The van der Waals surface area contributed by atoms with Crippen molar-refractivity contribution in [3.63, 3.8) is 0 Å². The average Bonchev–Trinajstić information content (AvgIpc) is 2.36. The summed E-state index contributed by atoms with van der Waals surface area (Å²) < 4.78 is 0. The molecule has 1 unspecified atom stereocenters. The molecular formula is C14H17N3OS. The zero-order valence-corrected chi connectivity index (χ0v) is 12.3. The van der Waals surface area contributed by atoms with Crippen LogP contribution in [-0.4, -0.2) is 20.1 Å². The van der Waals surface area contributed by atoms with Crippen LogP contribution in [0.1, 0.15) is 35.5 Å². The van der Waals surface area contributed by atoms with Crippen LogP contribution in [0.3, 0.4) is 0 Å². The lowest BCUT2D eigenvalue weighted by atomic mass is 10.2. The van der Waals surface area contributed by atoms with Gasteiger partial charge in [-0.3, -0.25) is 0 Å². The topological polar surface area (TPSA) is 58.9 Å². The fraction of sp³-hybridized carbons (Fsp3) is 0.357. The molecule has 2 rings (SSSR count). The van der Waals surface area contributed by atoms with Gasteiger partial charge in [0.05, 0.1) is 6.10 Å². The Kier molecular flexibility index (Phi) is 4.17. The first kappa shape index (κ1) is 14.0. The Morgan fingerprint density at radius 1 is 1.16 bits per heavy atom. The van der Waals surface area contributed by atoms with Crippen LogP contribution >= 0.6 is 11.8 Å². The first-order valence-corrected chi connectivity index (χ1v) is 6.92. The zero-order valence-electron chi connectivity index (χ0n) is 11.5. The third-order valence-electron chi connectivity index (χ3n) is 3.05. The van der Waals surface area contributed by atoms with Crippen molar-refractivity contribution in [2.45, 2.75) is 44.0 Å². The summed E-state index contributed by atoms with van der Waals surface area (Å²) in [6, 6.07) is 3.67. The standard InChI is InChI=1S/C14H17N3OS/c1-8-9(2)16-14(17-10(8)3)19-13-7-12(11(4)18)5-6-15-13/h5-7,11,18H,1-4H3. The molecule has 0 fully saturated rings. The molecule has 2 heterocycles.